The van der Waals surface area contributed by atoms with Crippen LogP contribution < -0.4 is 4.74 Å². The zero-order valence-electron chi connectivity index (χ0n) is 11.5. The van der Waals surface area contributed by atoms with Crippen molar-refractivity contribution in [2.45, 2.75) is 13.8 Å². The lowest BCUT2D eigenvalue weighted by Crippen LogP contribution is -2.06. The molecular formula is C16H14BrClO2. The number of methoxy groups -OCH3 is 1. The minimum atomic E-state index is -0.142. The van der Waals surface area contributed by atoms with E-state index in [1.165, 1.54) is 0 Å². The van der Waals surface area contributed by atoms with E-state index in [2.05, 4.69) is 15.9 Å². The first kappa shape index (κ1) is 15.1. The van der Waals surface area contributed by atoms with Crippen LogP contribution in [0, 0.1) is 13.8 Å². The van der Waals surface area contributed by atoms with Crippen molar-refractivity contribution >= 4 is 33.3 Å². The summed E-state index contributed by atoms with van der Waals surface area (Å²) in [5.74, 6) is 0.460. The van der Waals surface area contributed by atoms with Gasteiger partial charge in [0.15, 0.2) is 5.78 Å². The van der Waals surface area contributed by atoms with Crippen molar-refractivity contribution in [3.8, 4) is 5.75 Å². The first-order chi connectivity index (χ1) is 9.47. The third-order valence-electron chi connectivity index (χ3n) is 3.32. The van der Waals surface area contributed by atoms with E-state index in [4.69, 9.17) is 16.3 Å². The molecule has 0 bridgehead atoms. The van der Waals surface area contributed by atoms with Crippen molar-refractivity contribution in [2.24, 2.45) is 0 Å². The molecule has 0 aliphatic rings. The van der Waals surface area contributed by atoms with Gasteiger partial charge in [-0.25, -0.2) is 0 Å². The van der Waals surface area contributed by atoms with Crippen molar-refractivity contribution in [2.75, 3.05) is 7.11 Å². The summed E-state index contributed by atoms with van der Waals surface area (Å²) in [6.45, 7) is 3.92. The normalized spacial score (nSPS) is 10.4. The molecule has 0 spiro atoms. The summed E-state index contributed by atoms with van der Waals surface area (Å²) in [4.78, 5) is 12.7. The summed E-state index contributed by atoms with van der Waals surface area (Å²) in [6, 6.07) is 9.00. The lowest BCUT2D eigenvalue weighted by molar-refractivity contribution is 0.103. The zero-order chi connectivity index (χ0) is 14.9. The Morgan fingerprint density at radius 2 is 1.85 bits per heavy atom. The number of ether oxygens (including phenoxy) is 1. The van der Waals surface area contributed by atoms with Crippen LogP contribution in [0.15, 0.2) is 34.8 Å². The smallest absolute Gasteiger partial charge is 0.198 e. The van der Waals surface area contributed by atoms with Gasteiger partial charge < -0.3 is 4.74 Å². The highest BCUT2D eigenvalue weighted by Gasteiger charge is 2.20. The van der Waals surface area contributed by atoms with Gasteiger partial charge >= 0.3 is 0 Å². The van der Waals surface area contributed by atoms with Crippen molar-refractivity contribution in [3.05, 3.63) is 62.1 Å². The molecule has 2 aromatic carbocycles. The fourth-order valence-electron chi connectivity index (χ4n) is 2.06. The molecule has 0 aliphatic carbocycles. The summed E-state index contributed by atoms with van der Waals surface area (Å²) in [6.07, 6.45) is 0. The maximum absolute atomic E-state index is 12.7. The Kier molecular flexibility index (Phi) is 4.51. The number of rotatable bonds is 3. The lowest BCUT2D eigenvalue weighted by Gasteiger charge is -2.13. The molecule has 0 unspecified atom stereocenters. The van der Waals surface area contributed by atoms with Crippen molar-refractivity contribution in [1.82, 2.24) is 0 Å². The number of carbonyl (C=O) groups excluding carboxylic acids is 1. The van der Waals surface area contributed by atoms with E-state index in [-0.39, 0.29) is 5.78 Å². The largest absolute Gasteiger partial charge is 0.496 e. The third-order valence-corrected chi connectivity index (χ3v) is 4.62. The molecule has 0 aliphatic heterocycles. The Bertz CT molecular complexity index is 680. The minimum absolute atomic E-state index is 0.142. The highest BCUT2D eigenvalue weighted by atomic mass is 79.9. The molecular weight excluding hydrogens is 340 g/mol. The molecule has 0 radical (unpaired) electrons. The molecule has 0 amide bonds. The van der Waals surface area contributed by atoms with E-state index in [1.54, 1.807) is 31.4 Å². The van der Waals surface area contributed by atoms with Crippen LogP contribution in [0.3, 0.4) is 0 Å². The second kappa shape index (κ2) is 5.98. The van der Waals surface area contributed by atoms with Crippen LogP contribution in [0.2, 0.25) is 5.02 Å². The van der Waals surface area contributed by atoms with Crippen molar-refractivity contribution in [3.63, 3.8) is 0 Å². The molecule has 0 atom stereocenters. The highest BCUT2D eigenvalue weighted by Crippen LogP contribution is 2.32. The number of aryl methyl sites for hydroxylation is 1. The molecule has 0 saturated carbocycles. The Morgan fingerprint density at radius 1 is 1.15 bits per heavy atom. The average molecular weight is 354 g/mol. The Balaban J connectivity index is 2.60. The van der Waals surface area contributed by atoms with Gasteiger partial charge in [-0.15, -0.1) is 0 Å². The van der Waals surface area contributed by atoms with E-state index in [1.807, 2.05) is 19.9 Å². The molecule has 4 heteroatoms. The van der Waals surface area contributed by atoms with Crippen LogP contribution in [0.5, 0.6) is 5.75 Å². The van der Waals surface area contributed by atoms with Crippen LogP contribution in [0.25, 0.3) is 0 Å². The van der Waals surface area contributed by atoms with Crippen LogP contribution in [-0.2, 0) is 0 Å². The second-order valence-electron chi connectivity index (χ2n) is 4.52. The van der Waals surface area contributed by atoms with E-state index in [0.29, 0.717) is 26.4 Å². The van der Waals surface area contributed by atoms with E-state index in [9.17, 15) is 4.79 Å². The molecule has 0 heterocycles. The molecule has 20 heavy (non-hydrogen) atoms. The fourth-order valence-corrected chi connectivity index (χ4v) is 2.63. The Morgan fingerprint density at radius 3 is 2.50 bits per heavy atom. The van der Waals surface area contributed by atoms with Gasteiger partial charge in [0.1, 0.15) is 5.75 Å². The summed E-state index contributed by atoms with van der Waals surface area (Å²) < 4.78 is 6.10. The van der Waals surface area contributed by atoms with E-state index in [0.717, 1.165) is 11.1 Å². The van der Waals surface area contributed by atoms with Gasteiger partial charge in [0.05, 0.1) is 17.7 Å². The first-order valence-corrected chi connectivity index (χ1v) is 7.27. The zero-order valence-corrected chi connectivity index (χ0v) is 13.8. The predicted molar refractivity (Wildman–Crippen MR) is 85.1 cm³/mol. The standard InChI is InChI=1S/C16H14BrClO2/c1-9-7-8-12(16(20-3)10(9)2)15(19)11-5-4-6-13(17)14(11)18/h4-8H,1-3H3. The van der Waals surface area contributed by atoms with Gasteiger partial charge in [-0.05, 0) is 59.1 Å². The van der Waals surface area contributed by atoms with Crippen molar-refractivity contribution in [1.29, 1.82) is 0 Å². The molecule has 0 N–H and O–H groups in total. The Labute approximate surface area is 131 Å². The number of hydrogen-bond donors (Lipinski definition) is 0. The number of halogens is 2. The quantitative estimate of drug-likeness (QED) is 0.729. The monoisotopic (exact) mass is 352 g/mol. The molecule has 2 rings (SSSR count). The molecule has 0 fully saturated rings. The van der Waals surface area contributed by atoms with Gasteiger partial charge in [-0.2, -0.15) is 0 Å². The highest BCUT2D eigenvalue weighted by molar-refractivity contribution is 9.10. The summed E-state index contributed by atoms with van der Waals surface area (Å²) >= 11 is 9.53. The number of hydrogen-bond acceptors (Lipinski definition) is 2. The second-order valence-corrected chi connectivity index (χ2v) is 5.75. The summed E-state index contributed by atoms with van der Waals surface area (Å²) in [7, 11) is 1.57. The van der Waals surface area contributed by atoms with Crippen molar-refractivity contribution < 1.29 is 9.53 Å². The van der Waals surface area contributed by atoms with Gasteiger partial charge in [-0.1, -0.05) is 23.7 Å². The van der Waals surface area contributed by atoms with Crippen LogP contribution in [0.4, 0.5) is 0 Å². The number of carbonyl (C=O) groups is 1. The maximum atomic E-state index is 12.7. The average Bonchev–Trinajstić information content (AvgIpc) is 2.44. The maximum Gasteiger partial charge on any atom is 0.198 e. The molecule has 0 saturated heterocycles. The molecule has 0 aromatic heterocycles. The van der Waals surface area contributed by atoms with Gasteiger partial charge in [0.25, 0.3) is 0 Å². The van der Waals surface area contributed by atoms with E-state index >= 15 is 0 Å². The van der Waals surface area contributed by atoms with Crippen LogP contribution >= 0.6 is 27.5 Å². The topological polar surface area (TPSA) is 26.3 Å². The third kappa shape index (κ3) is 2.60. The predicted octanol–water partition coefficient (Wildman–Crippen LogP) is 4.96. The van der Waals surface area contributed by atoms with E-state index < -0.39 is 0 Å². The summed E-state index contributed by atoms with van der Waals surface area (Å²) in [5.41, 5.74) is 3.03. The molecule has 2 aromatic rings. The molecule has 2 nitrogen and oxygen atoms in total. The first-order valence-electron chi connectivity index (χ1n) is 6.10. The van der Waals surface area contributed by atoms with Gasteiger partial charge in [0, 0.05) is 10.0 Å². The van der Waals surface area contributed by atoms with Crippen LogP contribution in [-0.4, -0.2) is 12.9 Å². The van der Waals surface area contributed by atoms with Gasteiger partial charge in [0.2, 0.25) is 0 Å². The van der Waals surface area contributed by atoms with Gasteiger partial charge in [-0.3, -0.25) is 4.79 Å². The fraction of sp³-hybridized carbons (Fsp3) is 0.188. The number of benzene rings is 2. The molecule has 104 valence electrons. The SMILES string of the molecule is COc1c(C(=O)c2cccc(Br)c2Cl)ccc(C)c1C. The summed E-state index contributed by atoms with van der Waals surface area (Å²) in [5, 5.41) is 0.415. The Hall–Kier alpha value is -1.32. The number of ketones is 1. The minimum Gasteiger partial charge on any atom is -0.496 e. The van der Waals surface area contributed by atoms with Crippen LogP contribution in [0.1, 0.15) is 27.0 Å². The lowest BCUT2D eigenvalue weighted by atomic mass is 9.97.